The highest BCUT2D eigenvalue weighted by molar-refractivity contribution is 8.00. The van der Waals surface area contributed by atoms with E-state index in [-0.39, 0.29) is 11.9 Å². The number of fused-ring (bicyclic) bond motifs is 2. The van der Waals surface area contributed by atoms with Gasteiger partial charge in [0.05, 0.1) is 24.1 Å². The van der Waals surface area contributed by atoms with Gasteiger partial charge in [0.1, 0.15) is 0 Å². The Morgan fingerprint density at radius 1 is 1.35 bits per heavy atom. The third-order valence-corrected chi connectivity index (χ3v) is 5.52. The van der Waals surface area contributed by atoms with E-state index in [2.05, 4.69) is 25.2 Å². The van der Waals surface area contributed by atoms with Crippen molar-refractivity contribution in [1.29, 1.82) is 0 Å². The van der Waals surface area contributed by atoms with Gasteiger partial charge in [0, 0.05) is 11.7 Å². The predicted molar refractivity (Wildman–Crippen MR) is 93.6 cm³/mol. The molecule has 130 valence electrons. The minimum absolute atomic E-state index is 0.155. The Morgan fingerprint density at radius 2 is 2.13 bits per heavy atom. The maximum Gasteiger partial charge on any atom is 0.313 e. The zero-order valence-electron chi connectivity index (χ0n) is 13.8. The summed E-state index contributed by atoms with van der Waals surface area (Å²) in [6.07, 6.45) is 13.7. The average molecular weight is 340 g/mol. The van der Waals surface area contributed by atoms with Crippen LogP contribution in [-0.2, 0) is 9.53 Å². The molecular weight excluding hydrogens is 312 g/mol. The number of thioether (sulfide) groups is 1. The quantitative estimate of drug-likeness (QED) is 0.472. The smallest absolute Gasteiger partial charge is 0.313 e. The Bertz CT molecular complexity index is 435. The van der Waals surface area contributed by atoms with E-state index in [1.165, 1.54) is 11.8 Å². The average Bonchev–Trinajstić information content (AvgIpc) is 3.10. The maximum absolute atomic E-state index is 10.5. The Morgan fingerprint density at radius 3 is 2.87 bits per heavy atom. The van der Waals surface area contributed by atoms with Crippen LogP contribution in [0.15, 0.2) is 24.3 Å². The Balaban J connectivity index is 1.81. The lowest BCUT2D eigenvalue weighted by Crippen LogP contribution is -2.25. The summed E-state index contributed by atoms with van der Waals surface area (Å²) in [5, 5.41) is 18.5. The molecular formula is C18H28O4S. The molecule has 0 aromatic carbocycles. The summed E-state index contributed by atoms with van der Waals surface area (Å²) in [6, 6.07) is 0. The molecule has 2 heterocycles. The standard InChI is InChI=1S/C18H28O4S/c1-2-5-13(19)7-8-15-14(16-9-10-17(15)22-16)6-3-4-11-23-12-18(20)21/h3-4,7-8,13-17,19H,2,5-6,9-12H2,1H3,(H,20,21)/t13?,14-,15+,16-,17+/m0/s1. The summed E-state index contributed by atoms with van der Waals surface area (Å²) in [7, 11) is 0. The van der Waals surface area contributed by atoms with Crippen molar-refractivity contribution < 1.29 is 19.7 Å². The molecule has 0 spiro atoms. The van der Waals surface area contributed by atoms with Gasteiger partial charge in [-0.3, -0.25) is 4.79 Å². The van der Waals surface area contributed by atoms with Crippen LogP contribution in [0.25, 0.3) is 0 Å². The normalized spacial score (nSPS) is 31.4. The molecule has 0 saturated carbocycles. The first kappa shape index (κ1) is 18.6. The molecule has 5 heteroatoms. The van der Waals surface area contributed by atoms with E-state index in [1.807, 2.05) is 6.08 Å². The van der Waals surface area contributed by atoms with Gasteiger partial charge in [-0.15, -0.1) is 11.8 Å². The number of ether oxygens (including phenoxy) is 1. The van der Waals surface area contributed by atoms with Crippen molar-refractivity contribution in [3.05, 3.63) is 24.3 Å². The van der Waals surface area contributed by atoms with Gasteiger partial charge in [-0.25, -0.2) is 0 Å². The molecule has 0 radical (unpaired) electrons. The summed E-state index contributed by atoms with van der Waals surface area (Å²) in [6.45, 7) is 2.08. The maximum atomic E-state index is 10.5. The first-order valence-electron chi connectivity index (χ1n) is 8.58. The van der Waals surface area contributed by atoms with Crippen molar-refractivity contribution in [1.82, 2.24) is 0 Å². The summed E-state index contributed by atoms with van der Waals surface area (Å²) in [4.78, 5) is 10.5. The Hall–Kier alpha value is -0.780. The minimum atomic E-state index is -0.763. The predicted octanol–water partition coefficient (Wildman–Crippen LogP) is 3.26. The highest BCUT2D eigenvalue weighted by Gasteiger charge is 2.46. The molecule has 2 fully saturated rings. The molecule has 0 aromatic rings. The monoisotopic (exact) mass is 340 g/mol. The zero-order chi connectivity index (χ0) is 16.7. The molecule has 2 N–H and O–H groups in total. The number of carboxylic acid groups (broad SMARTS) is 1. The third-order valence-electron chi connectivity index (χ3n) is 4.64. The fourth-order valence-electron chi connectivity index (χ4n) is 3.57. The molecule has 2 aliphatic heterocycles. The molecule has 2 bridgehead atoms. The van der Waals surface area contributed by atoms with Crippen molar-refractivity contribution in [2.75, 3.05) is 11.5 Å². The van der Waals surface area contributed by atoms with Crippen LogP contribution in [0.2, 0.25) is 0 Å². The summed E-state index contributed by atoms with van der Waals surface area (Å²) in [5.41, 5.74) is 0. The molecule has 0 amide bonds. The highest BCUT2D eigenvalue weighted by Crippen LogP contribution is 2.45. The van der Waals surface area contributed by atoms with Crippen LogP contribution in [0.1, 0.15) is 39.0 Å². The van der Waals surface area contributed by atoms with Crippen LogP contribution in [0.5, 0.6) is 0 Å². The van der Waals surface area contributed by atoms with Gasteiger partial charge in [0.2, 0.25) is 0 Å². The van der Waals surface area contributed by atoms with E-state index in [0.29, 0.717) is 24.0 Å². The molecule has 2 rings (SSSR count). The summed E-state index contributed by atoms with van der Waals surface area (Å²) >= 11 is 1.41. The van der Waals surface area contributed by atoms with Crippen LogP contribution < -0.4 is 0 Å². The molecule has 0 aliphatic carbocycles. The van der Waals surface area contributed by atoms with Crippen molar-refractivity contribution in [2.45, 2.75) is 57.3 Å². The van der Waals surface area contributed by atoms with Gasteiger partial charge in [-0.05, 0) is 31.6 Å². The van der Waals surface area contributed by atoms with E-state index in [4.69, 9.17) is 9.84 Å². The number of carbonyl (C=O) groups is 1. The molecule has 2 saturated heterocycles. The molecule has 23 heavy (non-hydrogen) atoms. The van der Waals surface area contributed by atoms with Gasteiger partial charge < -0.3 is 14.9 Å². The molecule has 1 unspecified atom stereocenters. The number of hydrogen-bond acceptors (Lipinski definition) is 4. The number of hydrogen-bond donors (Lipinski definition) is 2. The second-order valence-corrected chi connectivity index (χ2v) is 7.42. The number of carboxylic acids is 1. The highest BCUT2D eigenvalue weighted by atomic mass is 32.2. The second-order valence-electron chi connectivity index (χ2n) is 6.39. The van der Waals surface area contributed by atoms with Gasteiger partial charge >= 0.3 is 5.97 Å². The second kappa shape index (κ2) is 9.50. The number of aliphatic carboxylic acids is 1. The lowest BCUT2D eigenvalue weighted by atomic mass is 9.77. The number of allylic oxidation sites excluding steroid dienone is 1. The SMILES string of the molecule is CCCC(O)C=C[C@@H]1[C@H](CC=CCSCC(=O)O)[C@@H]2CC[C@H]1O2. The van der Waals surface area contributed by atoms with Crippen LogP contribution >= 0.6 is 11.8 Å². The largest absolute Gasteiger partial charge is 0.481 e. The van der Waals surface area contributed by atoms with Crippen molar-refractivity contribution >= 4 is 17.7 Å². The minimum Gasteiger partial charge on any atom is -0.481 e. The van der Waals surface area contributed by atoms with E-state index < -0.39 is 5.97 Å². The zero-order valence-corrected chi connectivity index (χ0v) is 14.6. The van der Waals surface area contributed by atoms with Crippen molar-refractivity contribution in [3.63, 3.8) is 0 Å². The van der Waals surface area contributed by atoms with Crippen molar-refractivity contribution in [2.24, 2.45) is 11.8 Å². The first-order valence-corrected chi connectivity index (χ1v) is 9.73. The third kappa shape index (κ3) is 5.66. The topological polar surface area (TPSA) is 66.8 Å². The molecule has 0 aromatic heterocycles. The lowest BCUT2D eigenvalue weighted by Gasteiger charge is -2.24. The fourth-order valence-corrected chi connectivity index (χ4v) is 4.14. The van der Waals surface area contributed by atoms with Gasteiger partial charge in [-0.2, -0.15) is 0 Å². The van der Waals surface area contributed by atoms with E-state index >= 15 is 0 Å². The summed E-state index contributed by atoms with van der Waals surface area (Å²) in [5.74, 6) is 1.02. The van der Waals surface area contributed by atoms with E-state index in [0.717, 1.165) is 37.9 Å². The number of rotatable bonds is 10. The fraction of sp³-hybridized carbons (Fsp3) is 0.722. The van der Waals surface area contributed by atoms with Crippen LogP contribution in [0, 0.1) is 11.8 Å². The van der Waals surface area contributed by atoms with Crippen LogP contribution in [0.3, 0.4) is 0 Å². The van der Waals surface area contributed by atoms with Gasteiger partial charge in [0.25, 0.3) is 0 Å². The number of aliphatic hydroxyl groups is 1. The van der Waals surface area contributed by atoms with Crippen LogP contribution in [0.4, 0.5) is 0 Å². The van der Waals surface area contributed by atoms with E-state index in [9.17, 15) is 9.90 Å². The lowest BCUT2D eigenvalue weighted by molar-refractivity contribution is -0.133. The van der Waals surface area contributed by atoms with Gasteiger partial charge in [-0.1, -0.05) is 37.6 Å². The Labute approximate surface area is 143 Å². The van der Waals surface area contributed by atoms with Gasteiger partial charge in [0.15, 0.2) is 0 Å². The molecule has 2 aliphatic rings. The molecule has 4 nitrogen and oxygen atoms in total. The molecule has 5 atom stereocenters. The van der Waals surface area contributed by atoms with Crippen molar-refractivity contribution in [3.8, 4) is 0 Å². The first-order chi connectivity index (χ1) is 11.1. The Kier molecular flexibility index (Phi) is 7.66. The van der Waals surface area contributed by atoms with E-state index in [1.54, 1.807) is 0 Å². The van der Waals surface area contributed by atoms with Crippen LogP contribution in [-0.4, -0.2) is 46.0 Å². The number of aliphatic hydroxyl groups excluding tert-OH is 1. The summed E-state index contributed by atoms with van der Waals surface area (Å²) < 4.78 is 6.05.